The first-order valence-electron chi connectivity index (χ1n) is 7.75. The Labute approximate surface area is 158 Å². The van der Waals surface area contributed by atoms with E-state index < -0.39 is 5.82 Å². The number of rotatable bonds is 5. The summed E-state index contributed by atoms with van der Waals surface area (Å²) < 4.78 is 26.8. The average Bonchev–Trinajstić information content (AvgIpc) is 2.99. The lowest BCUT2D eigenvalue weighted by Gasteiger charge is -2.14. The second kappa shape index (κ2) is 7.51. The van der Waals surface area contributed by atoms with Crippen molar-refractivity contribution in [3.05, 3.63) is 63.0 Å². The third-order valence-corrected chi connectivity index (χ3v) is 4.30. The van der Waals surface area contributed by atoms with E-state index in [-0.39, 0.29) is 39.9 Å². The highest BCUT2D eigenvalue weighted by molar-refractivity contribution is 6.32. The monoisotopic (exact) mass is 388 g/mol. The summed E-state index contributed by atoms with van der Waals surface area (Å²) in [4.78, 5) is 11.5. The number of hydrogen-bond acceptors (Lipinski definition) is 5. The molecule has 0 aliphatic carbocycles. The Morgan fingerprint density at radius 1 is 1.33 bits per heavy atom. The number of nitriles is 1. The van der Waals surface area contributed by atoms with Crippen LogP contribution >= 0.6 is 11.6 Å². The lowest BCUT2D eigenvalue weighted by Crippen LogP contribution is -2.15. The molecule has 0 aliphatic heterocycles. The number of aromatic nitrogens is 3. The van der Waals surface area contributed by atoms with E-state index in [2.05, 4.69) is 10.2 Å². The standard InChI is InChI=1S/C18H14ClFN4O3/c1-24-16(22-23-18(24)25)9-27-15-7-13(19)10(8-21)6-12(15)11-4-3-5-14(26-2)17(11)20/h3-7H,9H2,1-2H3,(H,23,25). The summed E-state index contributed by atoms with van der Waals surface area (Å²) in [5.41, 5.74) is 0.306. The normalized spacial score (nSPS) is 10.5. The zero-order valence-corrected chi connectivity index (χ0v) is 15.2. The van der Waals surface area contributed by atoms with Crippen molar-refractivity contribution >= 4 is 11.6 Å². The van der Waals surface area contributed by atoms with Gasteiger partial charge >= 0.3 is 5.69 Å². The Bertz CT molecular complexity index is 1100. The first-order valence-corrected chi connectivity index (χ1v) is 8.13. The van der Waals surface area contributed by atoms with Gasteiger partial charge in [0, 0.05) is 24.2 Å². The molecule has 0 saturated carbocycles. The van der Waals surface area contributed by atoms with Gasteiger partial charge in [0.05, 0.1) is 17.7 Å². The van der Waals surface area contributed by atoms with Gasteiger partial charge in [-0.25, -0.2) is 14.3 Å². The minimum Gasteiger partial charge on any atom is -0.494 e. The topological polar surface area (TPSA) is 92.9 Å². The number of hydrogen-bond donors (Lipinski definition) is 1. The zero-order chi connectivity index (χ0) is 19.6. The van der Waals surface area contributed by atoms with Gasteiger partial charge in [0.2, 0.25) is 0 Å². The molecule has 1 N–H and O–H groups in total. The molecule has 0 aliphatic rings. The van der Waals surface area contributed by atoms with Gasteiger partial charge in [0.1, 0.15) is 18.4 Å². The van der Waals surface area contributed by atoms with Crippen molar-refractivity contribution in [2.45, 2.75) is 6.61 Å². The van der Waals surface area contributed by atoms with Crippen LogP contribution in [0.4, 0.5) is 4.39 Å². The number of methoxy groups -OCH3 is 1. The molecule has 0 saturated heterocycles. The van der Waals surface area contributed by atoms with Gasteiger partial charge < -0.3 is 9.47 Å². The summed E-state index contributed by atoms with van der Waals surface area (Å²) in [7, 11) is 2.90. The van der Waals surface area contributed by atoms with Gasteiger partial charge in [-0.3, -0.25) is 4.57 Å². The number of ether oxygens (including phenoxy) is 2. The van der Waals surface area contributed by atoms with Crippen molar-refractivity contribution in [3.8, 4) is 28.7 Å². The minimum absolute atomic E-state index is 0.0570. The summed E-state index contributed by atoms with van der Waals surface area (Å²) in [6.07, 6.45) is 0. The molecular weight excluding hydrogens is 375 g/mol. The van der Waals surface area contributed by atoms with Gasteiger partial charge in [-0.05, 0) is 12.1 Å². The lowest BCUT2D eigenvalue weighted by atomic mass is 10.0. The van der Waals surface area contributed by atoms with Crippen LogP contribution in [-0.2, 0) is 13.7 Å². The zero-order valence-electron chi connectivity index (χ0n) is 14.4. The highest BCUT2D eigenvalue weighted by atomic mass is 35.5. The van der Waals surface area contributed by atoms with Crippen molar-refractivity contribution in [1.29, 1.82) is 5.26 Å². The molecule has 2 aromatic carbocycles. The molecule has 0 amide bonds. The second-order valence-electron chi connectivity index (χ2n) is 5.55. The van der Waals surface area contributed by atoms with E-state index in [0.717, 1.165) is 0 Å². The van der Waals surface area contributed by atoms with E-state index in [1.807, 2.05) is 6.07 Å². The molecular formula is C18H14ClFN4O3. The predicted octanol–water partition coefficient (Wildman–Crippen LogP) is 3.03. The summed E-state index contributed by atoms with van der Waals surface area (Å²) in [5.74, 6) is 0.0454. The van der Waals surface area contributed by atoms with Gasteiger partial charge in [-0.1, -0.05) is 23.7 Å². The number of nitrogens with one attached hydrogen (secondary N) is 1. The molecule has 1 heterocycles. The number of halogens is 2. The van der Waals surface area contributed by atoms with Crippen LogP contribution in [0, 0.1) is 17.1 Å². The summed E-state index contributed by atoms with van der Waals surface area (Å²) >= 11 is 6.11. The van der Waals surface area contributed by atoms with E-state index in [1.165, 1.54) is 29.9 Å². The summed E-state index contributed by atoms with van der Waals surface area (Å²) in [6, 6.07) is 9.49. The molecule has 0 spiro atoms. The first kappa shape index (κ1) is 18.5. The quantitative estimate of drug-likeness (QED) is 0.725. The lowest BCUT2D eigenvalue weighted by molar-refractivity contribution is 0.292. The number of benzene rings is 2. The Balaban J connectivity index is 2.08. The SMILES string of the molecule is COc1cccc(-c2cc(C#N)c(Cl)cc2OCc2n[nH]c(=O)n2C)c1F. The number of aromatic amines is 1. The highest BCUT2D eigenvalue weighted by Crippen LogP contribution is 2.38. The minimum atomic E-state index is -0.594. The predicted molar refractivity (Wildman–Crippen MR) is 96.3 cm³/mol. The maximum absolute atomic E-state index is 14.7. The fourth-order valence-corrected chi connectivity index (χ4v) is 2.69. The summed E-state index contributed by atoms with van der Waals surface area (Å²) in [6.45, 7) is -0.0595. The molecule has 7 nitrogen and oxygen atoms in total. The molecule has 0 fully saturated rings. The maximum atomic E-state index is 14.7. The molecule has 9 heteroatoms. The van der Waals surface area contributed by atoms with Crippen LogP contribution in [-0.4, -0.2) is 21.9 Å². The van der Waals surface area contributed by atoms with E-state index in [9.17, 15) is 14.4 Å². The van der Waals surface area contributed by atoms with Crippen LogP contribution in [0.5, 0.6) is 11.5 Å². The van der Waals surface area contributed by atoms with Crippen molar-refractivity contribution in [1.82, 2.24) is 14.8 Å². The number of H-pyrrole nitrogens is 1. The van der Waals surface area contributed by atoms with E-state index in [4.69, 9.17) is 21.1 Å². The number of nitrogens with zero attached hydrogens (tertiary/aromatic N) is 3. The van der Waals surface area contributed by atoms with Gasteiger partial charge in [0.25, 0.3) is 0 Å². The maximum Gasteiger partial charge on any atom is 0.343 e. The van der Waals surface area contributed by atoms with Crippen molar-refractivity contribution < 1.29 is 13.9 Å². The Kier molecular flexibility index (Phi) is 5.14. The Morgan fingerprint density at radius 2 is 2.11 bits per heavy atom. The molecule has 0 atom stereocenters. The largest absolute Gasteiger partial charge is 0.494 e. The fraction of sp³-hybridized carbons (Fsp3) is 0.167. The van der Waals surface area contributed by atoms with Gasteiger partial charge in [-0.2, -0.15) is 10.4 Å². The van der Waals surface area contributed by atoms with Crippen LogP contribution in [0.2, 0.25) is 5.02 Å². The second-order valence-corrected chi connectivity index (χ2v) is 5.96. The third-order valence-electron chi connectivity index (χ3n) is 3.99. The van der Waals surface area contributed by atoms with E-state index in [1.54, 1.807) is 19.2 Å². The van der Waals surface area contributed by atoms with E-state index in [0.29, 0.717) is 11.4 Å². The van der Waals surface area contributed by atoms with E-state index >= 15 is 0 Å². The highest BCUT2D eigenvalue weighted by Gasteiger charge is 2.18. The van der Waals surface area contributed by atoms with Crippen molar-refractivity contribution in [2.24, 2.45) is 7.05 Å². The molecule has 27 heavy (non-hydrogen) atoms. The molecule has 3 rings (SSSR count). The molecule has 3 aromatic rings. The smallest absolute Gasteiger partial charge is 0.343 e. The summed E-state index contributed by atoms with van der Waals surface area (Å²) in [5, 5.41) is 15.6. The van der Waals surface area contributed by atoms with Crippen molar-refractivity contribution in [2.75, 3.05) is 7.11 Å². The Hall–Kier alpha value is -3.31. The molecule has 138 valence electrons. The van der Waals surface area contributed by atoms with Crippen LogP contribution < -0.4 is 15.2 Å². The first-order chi connectivity index (χ1) is 13.0. The Morgan fingerprint density at radius 3 is 2.74 bits per heavy atom. The molecule has 0 bridgehead atoms. The average molecular weight is 389 g/mol. The fourth-order valence-electron chi connectivity index (χ4n) is 2.50. The van der Waals surface area contributed by atoms with Crippen LogP contribution in [0.25, 0.3) is 11.1 Å². The van der Waals surface area contributed by atoms with Crippen LogP contribution in [0.3, 0.4) is 0 Å². The van der Waals surface area contributed by atoms with Gasteiger partial charge in [-0.15, -0.1) is 0 Å². The molecule has 1 aromatic heterocycles. The third kappa shape index (κ3) is 3.50. The van der Waals surface area contributed by atoms with Crippen molar-refractivity contribution in [3.63, 3.8) is 0 Å². The molecule has 0 radical (unpaired) electrons. The van der Waals surface area contributed by atoms with Gasteiger partial charge in [0.15, 0.2) is 17.4 Å². The van der Waals surface area contributed by atoms with Crippen LogP contribution in [0.1, 0.15) is 11.4 Å². The van der Waals surface area contributed by atoms with Crippen LogP contribution in [0.15, 0.2) is 35.1 Å². The molecule has 0 unspecified atom stereocenters.